The predicted molar refractivity (Wildman–Crippen MR) is 507 cm³/mol. The summed E-state index contributed by atoms with van der Waals surface area (Å²) in [6, 6.07) is 0. The van der Waals surface area contributed by atoms with Gasteiger partial charge in [0.25, 0.3) is 27.8 Å². The first kappa shape index (κ1) is 105. The van der Waals surface area contributed by atoms with Gasteiger partial charge in [-0.25, -0.2) is 24.4 Å². The number of hydrogen-bond acceptors (Lipinski definition) is 19. The summed E-state index contributed by atoms with van der Waals surface area (Å²) in [6.45, 7) is 28.2. The lowest BCUT2D eigenvalue weighted by molar-refractivity contribution is -0.131. The molecule has 28 nitrogen and oxygen atoms in total. The third-order valence-electron chi connectivity index (χ3n) is 19.8. The molecule has 8 aromatic heterocycles. The van der Waals surface area contributed by atoms with Crippen molar-refractivity contribution < 1.29 is 73.7 Å². The van der Waals surface area contributed by atoms with Crippen LogP contribution in [0.2, 0.25) is 0 Å². The monoisotopic (exact) mass is 2070 g/mol. The van der Waals surface area contributed by atoms with E-state index in [0.29, 0.717) is 114 Å². The Morgan fingerprint density at radius 3 is 1.27 bits per heavy atom. The number of aliphatic hydroxyl groups is 3. The fourth-order valence-electron chi connectivity index (χ4n) is 14.5. The number of terminal acetylenes is 1. The van der Waals surface area contributed by atoms with Crippen molar-refractivity contribution in [3.63, 3.8) is 0 Å². The molecule has 0 unspecified atom stereocenters. The summed E-state index contributed by atoms with van der Waals surface area (Å²) in [7, 11) is 8.24. The molecule has 0 atom stereocenters. The van der Waals surface area contributed by atoms with Crippen LogP contribution in [0.1, 0.15) is 205 Å². The number of nitrogens with one attached hydrogen (secondary N) is 3. The molecular weight excluding hydrogens is 1980 g/mol. The van der Waals surface area contributed by atoms with Crippen molar-refractivity contribution in [1.82, 2.24) is 38.6 Å². The summed E-state index contributed by atoms with van der Waals surface area (Å²) in [4.78, 5) is 153. The highest BCUT2D eigenvalue weighted by atomic mass is 79.9. The van der Waals surface area contributed by atoms with E-state index in [1.165, 1.54) is 74.5 Å². The summed E-state index contributed by atoms with van der Waals surface area (Å²) >= 11 is 21.6. The number of carboxylic acid groups (broad SMARTS) is 3. The van der Waals surface area contributed by atoms with Gasteiger partial charge in [-0.1, -0.05) is 69.1 Å². The van der Waals surface area contributed by atoms with Crippen LogP contribution in [0.15, 0.2) is 123 Å². The number of Topliss-reactive ketones (excluding diaryl/α,β-unsaturated/α-hetero) is 3. The number of halogens is 6. The second-order valence-electron chi connectivity index (χ2n) is 31.7. The predicted octanol–water partition coefficient (Wildman–Crippen LogP) is 14.3. The Hall–Kier alpha value is -11.0. The summed E-state index contributed by atoms with van der Waals surface area (Å²) in [6.07, 6.45) is 21.6. The second kappa shape index (κ2) is 43.2. The number of carboxylic acids is 3. The summed E-state index contributed by atoms with van der Waals surface area (Å²) < 4.78 is 19.0. The average Bonchev–Trinajstić information content (AvgIpc) is 1.59. The molecule has 8 aromatic rings. The molecule has 0 saturated carbocycles. The Morgan fingerprint density at radius 2 is 0.835 bits per heavy atom. The first-order valence-corrected chi connectivity index (χ1v) is 43.0. The largest absolute Gasteiger partial charge is 0.481 e. The van der Waals surface area contributed by atoms with Crippen molar-refractivity contribution in [2.45, 2.75) is 173 Å². The van der Waals surface area contributed by atoms with Crippen molar-refractivity contribution in [2.24, 2.45) is 21.1 Å². The number of allylic oxidation sites excluding steroid dienone is 9. The molecule has 0 amide bonds. The van der Waals surface area contributed by atoms with Crippen molar-refractivity contribution in [2.75, 3.05) is 14.2 Å². The van der Waals surface area contributed by atoms with Gasteiger partial charge < -0.3 is 68.8 Å². The molecular formula is C93H96Br5ClN8O20. The molecule has 8 heterocycles. The first-order valence-electron chi connectivity index (χ1n) is 38.6. The number of aromatic nitrogens is 8. The van der Waals surface area contributed by atoms with Gasteiger partial charge in [-0.3, -0.25) is 43.2 Å². The van der Waals surface area contributed by atoms with Crippen molar-refractivity contribution >= 4 is 177 Å². The standard InChI is InChI=1S/C16H17NO4.C15H15NO4.2C12H12BrNO2.C11H10BrNO2.C10H9BrN2O3.C10H10BrNO.C5H8O.C2H3ClO/c1-9-7-11-13(12(9)15(19)20)10(5-6-16(2,3)21)8-17(4)14(11)18;1-8-6-10-12(11(8)14(18)19)9(7-16-13(10)17)4-5-15(2,3)20;1-6-4-8-11(10(6)7(2)15)9(13)5-14-12(8)16-3;1-6-4-8-11(10(6)7(2)15)9(13)5-14(3)12(8)16;1-5-3-7-10(9(5)6(2)14)8(12)4-13-11(7)15;1-4-6(10(15)16)7-5(11)3-12-9(14)8(7)13(4)2;1-6-3-7-8(4-6)10(13-2)12-5-9(7)11;1-4-5(2,3)6;1-2(3)4/h8,21H,7H2,1-4H3,(H,19,20);7,20H,6H2,1-3H3,(H,16,17)(H,18,19);2*5H,4H2,1-3H3;4H,3H2,1-2H3,(H,13,15);3H,1-2H3,(H,12,14)(H,15,16);3,5H,4H2,1-2H3;1,6H,2-3H3;1H3. The molecule has 9 N–H and O–H groups in total. The van der Waals surface area contributed by atoms with E-state index < -0.39 is 34.7 Å². The van der Waals surface area contributed by atoms with Crippen LogP contribution in [-0.4, -0.2) is 141 Å². The summed E-state index contributed by atoms with van der Waals surface area (Å²) in [5.41, 5.74) is 14.7. The number of nitrogens with zero attached hydrogens (tertiary/aromatic N) is 5. The van der Waals surface area contributed by atoms with Crippen LogP contribution in [0, 0.1) is 42.9 Å². The molecule has 0 fully saturated rings. The average molecular weight is 2080 g/mol. The van der Waals surface area contributed by atoms with Crippen molar-refractivity contribution in [3.8, 4) is 47.8 Å². The molecule has 14 rings (SSSR count). The van der Waals surface area contributed by atoms with Gasteiger partial charge in [-0.15, -0.1) is 6.42 Å². The van der Waals surface area contributed by atoms with E-state index in [0.717, 1.165) is 86.7 Å². The molecule has 6 aliphatic rings. The lowest BCUT2D eigenvalue weighted by Gasteiger charge is -2.10. The van der Waals surface area contributed by atoms with Crippen molar-refractivity contribution in [1.29, 1.82) is 0 Å². The normalized spacial score (nSPS) is 13.2. The number of ether oxygens (including phenoxy) is 2. The van der Waals surface area contributed by atoms with Crippen LogP contribution >= 0.6 is 91.3 Å². The number of aliphatic carboxylic acids is 2. The molecule has 34 heteroatoms. The molecule has 0 aliphatic heterocycles. The number of H-pyrrole nitrogens is 3. The lowest BCUT2D eigenvalue weighted by atomic mass is 10.00. The number of methoxy groups -OCH3 is 2. The van der Waals surface area contributed by atoms with E-state index in [4.69, 9.17) is 26.1 Å². The Balaban J connectivity index is 0.000000225. The minimum atomic E-state index is -1.19. The Kier molecular flexibility index (Phi) is 35.6. The highest BCUT2D eigenvalue weighted by molar-refractivity contribution is 9.11. The van der Waals surface area contributed by atoms with E-state index in [-0.39, 0.29) is 67.1 Å². The Bertz CT molecular complexity index is 6640. The zero-order valence-electron chi connectivity index (χ0n) is 73.8. The van der Waals surface area contributed by atoms with Gasteiger partial charge in [0, 0.05) is 226 Å². The first-order chi connectivity index (χ1) is 58.8. The second-order valence-corrected chi connectivity index (χ2v) is 36.5. The summed E-state index contributed by atoms with van der Waals surface area (Å²) in [5.74, 6) is 11.3. The fourth-order valence-corrected chi connectivity index (χ4v) is 17.3. The number of aromatic amines is 3. The summed E-state index contributed by atoms with van der Waals surface area (Å²) in [5, 5.41) is 55.8. The fraction of sp³-hybridized carbons (Fsp3) is 0.333. The van der Waals surface area contributed by atoms with Gasteiger partial charge in [0.2, 0.25) is 17.0 Å². The Morgan fingerprint density at radius 1 is 0.472 bits per heavy atom. The van der Waals surface area contributed by atoms with Crippen LogP contribution in [0.5, 0.6) is 11.8 Å². The van der Waals surface area contributed by atoms with E-state index in [1.54, 1.807) is 125 Å². The quantitative estimate of drug-likeness (QED) is 0.0504. The van der Waals surface area contributed by atoms with E-state index in [9.17, 15) is 78.0 Å². The number of aromatic carboxylic acids is 1. The third kappa shape index (κ3) is 25.3. The SMILES string of the molecule is C#CC(C)(C)O.CC(=O)C1=C(C)Cc2c1c(Br)c[nH]c2=O.CC(=O)C1=C(C)Cc2c1c(Br)cn(C)c2=O.CC(=O)Cl.CC1=C(C(=O)O)c2c(C#CC(C)(C)O)c[nH]c(=O)c2C1.CC1=C(C(=O)O)c2c(C#CC(C)(C)O)cn(C)c(=O)c2C1.COc1ncc(Br)c2c1CC(C)=C2.COc1ncc(Br)c2c1CC(C)=C2C(C)=O.Cc1c(C(=O)O)c2c(Br)c[nH]c(=O)c2n1C. The van der Waals surface area contributed by atoms with Gasteiger partial charge in [0.15, 0.2) is 17.3 Å². The Labute approximate surface area is 779 Å². The minimum Gasteiger partial charge on any atom is -0.481 e. The molecule has 0 radical (unpaired) electrons. The van der Waals surface area contributed by atoms with Crippen LogP contribution in [0.25, 0.3) is 44.8 Å². The number of carbonyl (C=O) groups is 7. The molecule has 0 saturated heterocycles. The van der Waals surface area contributed by atoms with E-state index >= 15 is 0 Å². The zero-order valence-corrected chi connectivity index (χ0v) is 82.5. The van der Waals surface area contributed by atoms with Gasteiger partial charge in [0.05, 0.1) is 30.9 Å². The van der Waals surface area contributed by atoms with Crippen LogP contribution in [-0.2, 0) is 88.4 Å². The van der Waals surface area contributed by atoms with Gasteiger partial charge in [0.1, 0.15) is 22.3 Å². The van der Waals surface area contributed by atoms with E-state index in [1.807, 2.05) is 20.8 Å². The maximum atomic E-state index is 12.2. The third-order valence-corrected chi connectivity index (χ3v) is 22.9. The highest BCUT2D eigenvalue weighted by Gasteiger charge is 2.34. The zero-order chi connectivity index (χ0) is 96.3. The smallest absolute Gasteiger partial charge is 0.338 e. The number of fused-ring (bicyclic) bond motifs is 7. The van der Waals surface area contributed by atoms with Crippen LogP contribution in [0.3, 0.4) is 0 Å². The molecule has 670 valence electrons. The maximum Gasteiger partial charge on any atom is 0.338 e. The van der Waals surface area contributed by atoms with Crippen LogP contribution in [0.4, 0.5) is 0 Å². The number of carbonyl (C=O) groups excluding carboxylic acids is 4. The van der Waals surface area contributed by atoms with E-state index in [2.05, 4.69) is 159 Å². The van der Waals surface area contributed by atoms with Gasteiger partial charge in [-0.2, -0.15) is 0 Å². The number of aryl methyl sites for hydroxylation is 3. The van der Waals surface area contributed by atoms with Crippen LogP contribution < -0.4 is 37.3 Å². The molecule has 0 bridgehead atoms. The van der Waals surface area contributed by atoms with Crippen molar-refractivity contribution in [3.05, 3.63) is 240 Å². The topological polar surface area (TPSA) is 433 Å². The van der Waals surface area contributed by atoms with Gasteiger partial charge in [-0.05, 0) is 214 Å². The molecule has 0 spiro atoms. The highest BCUT2D eigenvalue weighted by Crippen LogP contribution is 2.43. The molecule has 0 aromatic carbocycles. The lowest BCUT2D eigenvalue weighted by Crippen LogP contribution is -2.22. The number of rotatable bonds is 8. The molecule has 6 aliphatic carbocycles. The maximum absolute atomic E-state index is 12.2. The number of hydrogen-bond donors (Lipinski definition) is 9. The number of ketones is 3. The minimum absolute atomic E-state index is 0.0116. The number of pyridine rings is 7. The molecule has 127 heavy (non-hydrogen) atoms. The van der Waals surface area contributed by atoms with Gasteiger partial charge >= 0.3 is 17.9 Å².